The van der Waals surface area contributed by atoms with E-state index in [1.807, 2.05) is 18.2 Å². The van der Waals surface area contributed by atoms with E-state index in [0.29, 0.717) is 24.6 Å². The molecule has 0 bridgehead atoms. The number of benzene rings is 3. The minimum absolute atomic E-state index is 0.135. The van der Waals surface area contributed by atoms with Crippen LogP contribution in [-0.2, 0) is 13.1 Å². The number of nitrogens with zero attached hydrogens (tertiary/aromatic N) is 2. The van der Waals surface area contributed by atoms with Gasteiger partial charge in [-0.3, -0.25) is 4.79 Å². The average Bonchev–Trinajstić information content (AvgIpc) is 3.28. The number of hydrogen-bond acceptors (Lipinski definition) is 4. The largest absolute Gasteiger partial charge is 0.497 e. The maximum atomic E-state index is 12.6. The summed E-state index contributed by atoms with van der Waals surface area (Å²) in [5, 5.41) is 3.01. The Morgan fingerprint density at radius 3 is 2.42 bits per heavy atom. The molecule has 6 heteroatoms. The summed E-state index contributed by atoms with van der Waals surface area (Å²) in [6.07, 6.45) is 3.01. The molecule has 3 aromatic carbocycles. The Bertz CT molecular complexity index is 1260. The number of para-hydroxylation sites is 2. The molecule has 1 aromatic heterocycles. The number of ether oxygens (including phenoxy) is 2. The fourth-order valence-electron chi connectivity index (χ4n) is 4.20. The number of methoxy groups -OCH3 is 1. The van der Waals surface area contributed by atoms with E-state index in [-0.39, 0.29) is 5.91 Å². The van der Waals surface area contributed by atoms with Crippen LogP contribution in [0.4, 0.5) is 0 Å². The molecule has 0 radical (unpaired) electrons. The third kappa shape index (κ3) is 6.25. The van der Waals surface area contributed by atoms with E-state index in [2.05, 4.69) is 54.1 Å². The zero-order chi connectivity index (χ0) is 25.3. The number of hydrogen-bond donors (Lipinski definition) is 1. The van der Waals surface area contributed by atoms with E-state index < -0.39 is 0 Å². The van der Waals surface area contributed by atoms with Gasteiger partial charge in [-0.1, -0.05) is 38.1 Å². The topological polar surface area (TPSA) is 65.4 Å². The molecule has 1 unspecified atom stereocenters. The molecule has 4 rings (SSSR count). The van der Waals surface area contributed by atoms with Gasteiger partial charge in [-0.05, 0) is 79.3 Å². The van der Waals surface area contributed by atoms with Crippen molar-refractivity contribution in [2.24, 2.45) is 0 Å². The zero-order valence-electron chi connectivity index (χ0n) is 21.4. The number of aromatic nitrogens is 2. The van der Waals surface area contributed by atoms with Gasteiger partial charge in [0.1, 0.15) is 17.3 Å². The molecule has 1 amide bonds. The summed E-state index contributed by atoms with van der Waals surface area (Å²) in [4.78, 5) is 17.4. The number of fused-ring (bicyclic) bond motifs is 1. The molecule has 1 N–H and O–H groups in total. The maximum absolute atomic E-state index is 12.6. The lowest BCUT2D eigenvalue weighted by Crippen LogP contribution is -2.24. The van der Waals surface area contributed by atoms with Crippen LogP contribution >= 0.6 is 0 Å². The number of unbranched alkanes of at least 4 members (excludes halogenated alkanes) is 1. The van der Waals surface area contributed by atoms with Crippen molar-refractivity contribution >= 4 is 16.9 Å². The number of amides is 1. The highest BCUT2D eigenvalue weighted by atomic mass is 16.5. The van der Waals surface area contributed by atoms with Crippen LogP contribution in [0.1, 0.15) is 60.8 Å². The van der Waals surface area contributed by atoms with Gasteiger partial charge in [0, 0.05) is 12.1 Å². The maximum Gasteiger partial charge on any atom is 0.251 e. The molecule has 0 spiro atoms. The molecule has 1 atom stereocenters. The summed E-state index contributed by atoms with van der Waals surface area (Å²) in [5.74, 6) is 2.92. The van der Waals surface area contributed by atoms with E-state index >= 15 is 0 Å². The number of aryl methyl sites for hydroxylation is 1. The van der Waals surface area contributed by atoms with Gasteiger partial charge in [0.05, 0.1) is 31.3 Å². The summed E-state index contributed by atoms with van der Waals surface area (Å²) in [7, 11) is 1.61. The fourth-order valence-corrected chi connectivity index (χ4v) is 4.20. The van der Waals surface area contributed by atoms with Crippen LogP contribution in [0.15, 0.2) is 72.8 Å². The zero-order valence-corrected chi connectivity index (χ0v) is 21.4. The number of carbonyl (C=O) groups is 1. The lowest BCUT2D eigenvalue weighted by atomic mass is 9.99. The predicted molar refractivity (Wildman–Crippen MR) is 144 cm³/mol. The molecular weight excluding hydrogens is 450 g/mol. The standard InChI is InChI=1S/C30H35N3O3/c1-4-22(2)23-11-17-26(18-12-23)36-20-8-7-19-33-28-10-6-5-9-27(28)32-29(33)21-31-30(34)24-13-15-25(35-3)16-14-24/h5-6,9-18,22H,4,7-8,19-21H2,1-3H3,(H,31,34). The van der Waals surface area contributed by atoms with Crippen molar-refractivity contribution in [1.29, 1.82) is 0 Å². The number of rotatable bonds is 12. The van der Waals surface area contributed by atoms with Gasteiger partial charge >= 0.3 is 0 Å². The normalized spacial score (nSPS) is 11.9. The molecule has 36 heavy (non-hydrogen) atoms. The summed E-state index contributed by atoms with van der Waals surface area (Å²) < 4.78 is 13.3. The first kappa shape index (κ1) is 25.3. The second-order valence-corrected chi connectivity index (χ2v) is 9.01. The molecule has 0 aliphatic carbocycles. The molecular formula is C30H35N3O3. The van der Waals surface area contributed by atoms with Gasteiger partial charge < -0.3 is 19.4 Å². The Labute approximate surface area is 213 Å². The molecule has 0 aliphatic rings. The van der Waals surface area contributed by atoms with E-state index in [9.17, 15) is 4.79 Å². The van der Waals surface area contributed by atoms with Crippen LogP contribution in [0.25, 0.3) is 11.0 Å². The van der Waals surface area contributed by atoms with Gasteiger partial charge in [0.15, 0.2) is 0 Å². The molecule has 1 heterocycles. The average molecular weight is 486 g/mol. The Morgan fingerprint density at radius 2 is 1.69 bits per heavy atom. The Hall–Kier alpha value is -3.80. The highest BCUT2D eigenvalue weighted by Gasteiger charge is 2.13. The Morgan fingerprint density at radius 1 is 0.972 bits per heavy atom. The summed E-state index contributed by atoms with van der Waals surface area (Å²) in [6, 6.07) is 23.6. The lowest BCUT2D eigenvalue weighted by Gasteiger charge is -2.12. The number of carbonyl (C=O) groups excluding carboxylic acids is 1. The SMILES string of the molecule is CCC(C)c1ccc(OCCCCn2c(CNC(=O)c3ccc(OC)cc3)nc3ccccc32)cc1. The quantitative estimate of drug-likeness (QED) is 0.238. The molecule has 0 aliphatic heterocycles. The third-order valence-corrected chi connectivity index (χ3v) is 6.60. The predicted octanol–water partition coefficient (Wildman–Crippen LogP) is 6.35. The van der Waals surface area contributed by atoms with Crippen molar-refractivity contribution in [2.75, 3.05) is 13.7 Å². The Balaban J connectivity index is 1.33. The summed E-state index contributed by atoms with van der Waals surface area (Å²) >= 11 is 0. The van der Waals surface area contributed by atoms with Gasteiger partial charge in [0.2, 0.25) is 0 Å². The Kier molecular flexibility index (Phi) is 8.61. The fraction of sp³-hybridized carbons (Fsp3) is 0.333. The van der Waals surface area contributed by atoms with Crippen molar-refractivity contribution in [3.63, 3.8) is 0 Å². The van der Waals surface area contributed by atoms with Gasteiger partial charge in [-0.25, -0.2) is 4.98 Å². The monoisotopic (exact) mass is 485 g/mol. The smallest absolute Gasteiger partial charge is 0.251 e. The molecule has 6 nitrogen and oxygen atoms in total. The van der Waals surface area contributed by atoms with E-state index in [1.165, 1.54) is 5.56 Å². The minimum atomic E-state index is -0.135. The van der Waals surface area contributed by atoms with Crippen molar-refractivity contribution in [2.45, 2.75) is 52.1 Å². The van der Waals surface area contributed by atoms with Gasteiger partial charge in [0.25, 0.3) is 5.91 Å². The van der Waals surface area contributed by atoms with Crippen molar-refractivity contribution < 1.29 is 14.3 Å². The molecule has 0 fully saturated rings. The van der Waals surface area contributed by atoms with Crippen molar-refractivity contribution in [1.82, 2.24) is 14.9 Å². The third-order valence-electron chi connectivity index (χ3n) is 6.60. The van der Waals surface area contributed by atoms with Crippen LogP contribution in [0.5, 0.6) is 11.5 Å². The van der Waals surface area contributed by atoms with Crippen LogP contribution in [0, 0.1) is 0 Å². The highest BCUT2D eigenvalue weighted by molar-refractivity contribution is 5.94. The first-order chi connectivity index (χ1) is 17.6. The first-order valence-electron chi connectivity index (χ1n) is 12.7. The second kappa shape index (κ2) is 12.2. The molecule has 188 valence electrons. The van der Waals surface area contributed by atoms with E-state index in [1.54, 1.807) is 31.4 Å². The highest BCUT2D eigenvalue weighted by Crippen LogP contribution is 2.22. The van der Waals surface area contributed by atoms with Crippen molar-refractivity contribution in [3.05, 3.63) is 89.7 Å². The summed E-state index contributed by atoms with van der Waals surface area (Å²) in [5.41, 5.74) is 3.95. The van der Waals surface area contributed by atoms with Crippen molar-refractivity contribution in [3.8, 4) is 11.5 Å². The lowest BCUT2D eigenvalue weighted by molar-refractivity contribution is 0.0949. The molecule has 0 saturated carbocycles. The minimum Gasteiger partial charge on any atom is -0.497 e. The number of imidazole rings is 1. The van der Waals surface area contributed by atoms with Crippen LogP contribution < -0.4 is 14.8 Å². The van der Waals surface area contributed by atoms with E-state index in [4.69, 9.17) is 14.5 Å². The van der Waals surface area contributed by atoms with E-state index in [0.717, 1.165) is 54.2 Å². The summed E-state index contributed by atoms with van der Waals surface area (Å²) in [6.45, 7) is 6.29. The van der Waals surface area contributed by atoms with Crippen LogP contribution in [0.3, 0.4) is 0 Å². The molecule has 0 saturated heterocycles. The van der Waals surface area contributed by atoms with Gasteiger partial charge in [-0.15, -0.1) is 0 Å². The van der Waals surface area contributed by atoms with Crippen LogP contribution in [-0.4, -0.2) is 29.2 Å². The second-order valence-electron chi connectivity index (χ2n) is 9.01. The van der Waals surface area contributed by atoms with Gasteiger partial charge in [-0.2, -0.15) is 0 Å². The van der Waals surface area contributed by atoms with Crippen LogP contribution in [0.2, 0.25) is 0 Å². The molecule has 4 aromatic rings. The first-order valence-corrected chi connectivity index (χ1v) is 12.7. The number of nitrogens with one attached hydrogen (secondary N) is 1.